The van der Waals surface area contributed by atoms with Crippen LogP contribution < -0.4 is 10.1 Å². The molecule has 0 saturated heterocycles. The number of halogens is 2. The fourth-order valence-electron chi connectivity index (χ4n) is 2.56. The first-order valence-corrected chi connectivity index (χ1v) is 9.61. The lowest BCUT2D eigenvalue weighted by atomic mass is 10.2. The highest BCUT2D eigenvalue weighted by Gasteiger charge is 2.14. The van der Waals surface area contributed by atoms with Gasteiger partial charge in [-0.2, -0.15) is 5.10 Å². The molecule has 150 valence electrons. The van der Waals surface area contributed by atoms with E-state index in [1.807, 2.05) is 6.92 Å². The van der Waals surface area contributed by atoms with Gasteiger partial charge >= 0.3 is 0 Å². The molecule has 1 N–H and O–H groups in total. The van der Waals surface area contributed by atoms with Gasteiger partial charge in [0.25, 0.3) is 5.69 Å². The maximum atomic E-state index is 12.3. The van der Waals surface area contributed by atoms with Crippen LogP contribution in [0.3, 0.4) is 0 Å². The first kappa shape index (κ1) is 20.8. The number of hydrogen-bond acceptors (Lipinski definition) is 5. The van der Waals surface area contributed by atoms with Crippen LogP contribution >= 0.6 is 27.5 Å². The molecule has 1 amide bonds. The van der Waals surface area contributed by atoms with Crippen molar-refractivity contribution in [3.63, 3.8) is 0 Å². The van der Waals surface area contributed by atoms with Crippen molar-refractivity contribution in [3.05, 3.63) is 73.5 Å². The molecule has 0 aliphatic heterocycles. The van der Waals surface area contributed by atoms with Crippen molar-refractivity contribution in [2.75, 3.05) is 5.32 Å². The minimum absolute atomic E-state index is 0.0400. The van der Waals surface area contributed by atoms with Crippen LogP contribution in [-0.2, 0) is 11.3 Å². The minimum Gasteiger partial charge on any atom is -0.457 e. The van der Waals surface area contributed by atoms with Gasteiger partial charge in [-0.1, -0.05) is 11.6 Å². The van der Waals surface area contributed by atoms with E-state index in [0.29, 0.717) is 10.8 Å². The number of carbonyl (C=O) groups excluding carboxylic acids is 1. The lowest BCUT2D eigenvalue weighted by Crippen LogP contribution is -2.19. The number of nitrogens with zero attached hydrogens (tertiary/aromatic N) is 3. The topological polar surface area (TPSA) is 99.3 Å². The Labute approximate surface area is 179 Å². The quantitative estimate of drug-likeness (QED) is 0.384. The van der Waals surface area contributed by atoms with Crippen molar-refractivity contribution < 1.29 is 14.5 Å². The van der Waals surface area contributed by atoms with Crippen LogP contribution in [0.5, 0.6) is 11.5 Å². The van der Waals surface area contributed by atoms with Crippen molar-refractivity contribution in [2.45, 2.75) is 20.4 Å². The van der Waals surface area contributed by atoms with E-state index in [0.717, 1.165) is 15.7 Å². The molecule has 0 atom stereocenters. The van der Waals surface area contributed by atoms with Crippen molar-refractivity contribution in [1.82, 2.24) is 9.78 Å². The Bertz CT molecular complexity index is 1080. The van der Waals surface area contributed by atoms with Crippen molar-refractivity contribution in [2.24, 2.45) is 0 Å². The number of non-ortho nitro benzene ring substituents is 1. The third-order valence-electron chi connectivity index (χ3n) is 3.94. The summed E-state index contributed by atoms with van der Waals surface area (Å²) in [6, 6.07) is 9.12. The van der Waals surface area contributed by atoms with Gasteiger partial charge < -0.3 is 10.1 Å². The van der Waals surface area contributed by atoms with Gasteiger partial charge in [0.1, 0.15) is 18.0 Å². The van der Waals surface area contributed by atoms with Crippen LogP contribution in [0.25, 0.3) is 0 Å². The SMILES string of the molecule is Cc1cc(Oc2cc(NC(=O)Cn3cc(Br)c(C)n3)cc([N+](=O)[O-])c2)ccc1Cl. The zero-order valence-electron chi connectivity index (χ0n) is 15.5. The highest BCUT2D eigenvalue weighted by molar-refractivity contribution is 9.10. The van der Waals surface area contributed by atoms with Crippen molar-refractivity contribution in [3.8, 4) is 11.5 Å². The van der Waals surface area contributed by atoms with Crippen LogP contribution in [0, 0.1) is 24.0 Å². The van der Waals surface area contributed by atoms with Gasteiger partial charge in [-0.3, -0.25) is 19.6 Å². The predicted octanol–water partition coefficient (Wildman–Crippen LogP) is 5.26. The van der Waals surface area contributed by atoms with E-state index < -0.39 is 4.92 Å². The number of aromatic nitrogens is 2. The summed E-state index contributed by atoms with van der Waals surface area (Å²) in [6.45, 7) is 3.59. The van der Waals surface area contributed by atoms with E-state index in [1.165, 1.54) is 22.9 Å². The van der Waals surface area contributed by atoms with Crippen molar-refractivity contribution >= 4 is 44.8 Å². The number of benzene rings is 2. The standard InChI is InChI=1S/C19H16BrClN4O4/c1-11-5-15(3-4-18(11)21)29-16-7-13(6-14(8-16)25(27)28)22-19(26)10-24-9-17(20)12(2)23-24/h3-9H,10H2,1-2H3,(H,22,26). The Morgan fingerprint density at radius 2 is 2.03 bits per heavy atom. The Balaban J connectivity index is 1.81. The van der Waals surface area contributed by atoms with Gasteiger partial charge in [0.2, 0.25) is 5.91 Å². The molecule has 0 aliphatic carbocycles. The lowest BCUT2D eigenvalue weighted by Gasteiger charge is -2.10. The molecule has 1 aromatic heterocycles. The third-order valence-corrected chi connectivity index (χ3v) is 5.15. The molecule has 3 aromatic rings. The zero-order valence-corrected chi connectivity index (χ0v) is 17.8. The second kappa shape index (κ2) is 8.62. The van der Waals surface area contributed by atoms with E-state index in [-0.39, 0.29) is 29.6 Å². The first-order valence-electron chi connectivity index (χ1n) is 8.44. The maximum Gasteiger partial charge on any atom is 0.275 e. The number of carbonyl (C=O) groups is 1. The molecule has 29 heavy (non-hydrogen) atoms. The summed E-state index contributed by atoms with van der Waals surface area (Å²) in [5.41, 5.74) is 1.60. The van der Waals surface area contributed by atoms with Crippen LogP contribution in [0.4, 0.5) is 11.4 Å². The zero-order chi connectivity index (χ0) is 21.1. The molecule has 0 aliphatic rings. The fourth-order valence-corrected chi connectivity index (χ4v) is 2.99. The van der Waals surface area contributed by atoms with E-state index in [4.69, 9.17) is 16.3 Å². The summed E-state index contributed by atoms with van der Waals surface area (Å²) in [5.74, 6) is 0.309. The average molecular weight is 480 g/mol. The fraction of sp³-hybridized carbons (Fsp3) is 0.158. The summed E-state index contributed by atoms with van der Waals surface area (Å²) < 4.78 is 7.99. The van der Waals surface area contributed by atoms with Crippen LogP contribution in [0.2, 0.25) is 5.02 Å². The number of nitro groups is 1. The molecular weight excluding hydrogens is 464 g/mol. The summed E-state index contributed by atoms with van der Waals surface area (Å²) in [7, 11) is 0. The van der Waals surface area contributed by atoms with E-state index in [2.05, 4.69) is 26.3 Å². The molecule has 0 saturated carbocycles. The third kappa shape index (κ3) is 5.33. The Kier molecular flexibility index (Phi) is 6.19. The molecule has 0 fully saturated rings. The maximum absolute atomic E-state index is 12.3. The van der Waals surface area contributed by atoms with E-state index >= 15 is 0 Å². The number of nitrogens with one attached hydrogen (secondary N) is 1. The molecule has 3 rings (SSSR count). The van der Waals surface area contributed by atoms with Crippen LogP contribution in [0.1, 0.15) is 11.3 Å². The highest BCUT2D eigenvalue weighted by Crippen LogP contribution is 2.31. The molecule has 0 unspecified atom stereocenters. The Hall–Kier alpha value is -2.91. The van der Waals surface area contributed by atoms with Gasteiger partial charge in [0.05, 0.1) is 26.8 Å². The van der Waals surface area contributed by atoms with Crippen molar-refractivity contribution in [1.29, 1.82) is 0 Å². The van der Waals surface area contributed by atoms with Gasteiger partial charge in [0, 0.05) is 23.4 Å². The normalized spacial score (nSPS) is 10.6. The van der Waals surface area contributed by atoms with Crippen LogP contribution in [0.15, 0.2) is 47.1 Å². The molecule has 10 heteroatoms. The van der Waals surface area contributed by atoms with E-state index in [9.17, 15) is 14.9 Å². The highest BCUT2D eigenvalue weighted by atomic mass is 79.9. The molecule has 0 radical (unpaired) electrons. The average Bonchev–Trinajstić information content (AvgIpc) is 2.95. The Morgan fingerprint density at radius 1 is 1.28 bits per heavy atom. The number of amides is 1. The Morgan fingerprint density at radius 3 is 2.66 bits per heavy atom. The number of nitro benzene ring substituents is 1. The second-order valence-corrected chi connectivity index (χ2v) is 7.56. The van der Waals surface area contributed by atoms with E-state index in [1.54, 1.807) is 31.3 Å². The summed E-state index contributed by atoms with van der Waals surface area (Å²) >= 11 is 9.34. The van der Waals surface area contributed by atoms with Crippen LogP contribution in [-0.4, -0.2) is 20.6 Å². The number of rotatable bonds is 6. The number of anilines is 1. The summed E-state index contributed by atoms with van der Waals surface area (Å²) in [5, 5.41) is 18.7. The first-order chi connectivity index (χ1) is 13.7. The summed E-state index contributed by atoms with van der Waals surface area (Å²) in [4.78, 5) is 23.0. The minimum atomic E-state index is -0.552. The number of ether oxygens (including phenoxy) is 1. The molecule has 2 aromatic carbocycles. The number of hydrogen-bond donors (Lipinski definition) is 1. The van der Waals surface area contributed by atoms with Gasteiger partial charge in [0.15, 0.2) is 0 Å². The van der Waals surface area contributed by atoms with Gasteiger partial charge in [-0.25, -0.2) is 0 Å². The predicted molar refractivity (Wildman–Crippen MR) is 113 cm³/mol. The summed E-state index contributed by atoms with van der Waals surface area (Å²) in [6.07, 6.45) is 1.68. The van der Waals surface area contributed by atoms with Gasteiger partial charge in [-0.05, 0) is 53.5 Å². The van der Waals surface area contributed by atoms with Gasteiger partial charge in [-0.15, -0.1) is 0 Å². The molecule has 1 heterocycles. The molecule has 0 spiro atoms. The molecular formula is C19H16BrClN4O4. The second-order valence-electron chi connectivity index (χ2n) is 6.29. The number of aryl methyl sites for hydroxylation is 2. The molecule has 0 bridgehead atoms. The lowest BCUT2D eigenvalue weighted by molar-refractivity contribution is -0.384. The molecule has 8 nitrogen and oxygen atoms in total. The largest absolute Gasteiger partial charge is 0.457 e. The smallest absolute Gasteiger partial charge is 0.275 e. The monoisotopic (exact) mass is 478 g/mol.